The third-order valence-corrected chi connectivity index (χ3v) is 4.48. The normalized spacial score (nSPS) is 13.8. The summed E-state index contributed by atoms with van der Waals surface area (Å²) in [6, 6.07) is 11.6. The van der Waals surface area contributed by atoms with Gasteiger partial charge < -0.3 is 24.6 Å². The molecule has 0 radical (unpaired) electrons. The second kappa shape index (κ2) is 9.12. The number of carboxylic acids is 1. The Kier molecular flexibility index (Phi) is 6.37. The predicted octanol–water partition coefficient (Wildman–Crippen LogP) is 3.73. The van der Waals surface area contributed by atoms with Crippen LogP contribution in [0.1, 0.15) is 36.0 Å². The van der Waals surface area contributed by atoms with E-state index in [0.29, 0.717) is 28.5 Å². The van der Waals surface area contributed by atoms with Crippen molar-refractivity contribution >= 4 is 17.6 Å². The summed E-state index contributed by atoms with van der Waals surface area (Å²) in [5.74, 6) is 0.130. The van der Waals surface area contributed by atoms with E-state index in [2.05, 4.69) is 5.32 Å². The molecule has 0 aromatic heterocycles. The van der Waals surface area contributed by atoms with Gasteiger partial charge in [-0.05, 0) is 56.0 Å². The Morgan fingerprint density at radius 3 is 2.61 bits per heavy atom. The molecule has 0 aliphatic heterocycles. The van der Waals surface area contributed by atoms with E-state index in [0.717, 1.165) is 25.7 Å². The fourth-order valence-electron chi connectivity index (χ4n) is 3.11. The third kappa shape index (κ3) is 5.16. The van der Waals surface area contributed by atoms with Gasteiger partial charge in [-0.3, -0.25) is 4.79 Å². The third-order valence-electron chi connectivity index (χ3n) is 4.48. The van der Waals surface area contributed by atoms with Gasteiger partial charge in [-0.25, -0.2) is 4.79 Å². The molecule has 2 aromatic carbocycles. The molecule has 1 aliphatic rings. The van der Waals surface area contributed by atoms with E-state index in [1.807, 2.05) is 0 Å². The van der Waals surface area contributed by atoms with Gasteiger partial charge in [-0.1, -0.05) is 6.07 Å². The van der Waals surface area contributed by atoms with Gasteiger partial charge in [0, 0.05) is 17.3 Å². The maximum Gasteiger partial charge on any atom is 0.341 e. The van der Waals surface area contributed by atoms with Crippen LogP contribution in [0.3, 0.4) is 0 Å². The number of carboxylic acid groups (broad SMARTS) is 1. The molecule has 3 rings (SSSR count). The van der Waals surface area contributed by atoms with Crippen LogP contribution in [-0.4, -0.2) is 36.8 Å². The Hall–Kier alpha value is -3.22. The number of aliphatic carboxylic acids is 1. The zero-order chi connectivity index (χ0) is 19.9. The van der Waals surface area contributed by atoms with Crippen LogP contribution in [0.25, 0.3) is 0 Å². The standard InChI is InChI=1S/C21H23NO6/c1-26-18-10-9-14(11-19(18)28-16-6-2-3-7-16)21(25)22-15-5-4-8-17(12-15)27-13-20(23)24/h4-5,8-12,16H,2-3,6-7,13H2,1H3,(H,22,25)(H,23,24). The number of rotatable bonds is 8. The van der Waals surface area contributed by atoms with E-state index in [1.165, 1.54) is 0 Å². The lowest BCUT2D eigenvalue weighted by molar-refractivity contribution is -0.139. The number of carbonyl (C=O) groups excluding carboxylic acids is 1. The van der Waals surface area contributed by atoms with E-state index in [4.69, 9.17) is 19.3 Å². The topological polar surface area (TPSA) is 94.1 Å². The highest BCUT2D eigenvalue weighted by molar-refractivity contribution is 6.04. The molecular weight excluding hydrogens is 362 g/mol. The second-order valence-corrected chi connectivity index (χ2v) is 6.55. The highest BCUT2D eigenvalue weighted by Crippen LogP contribution is 2.32. The first-order valence-electron chi connectivity index (χ1n) is 9.16. The number of hydrogen-bond acceptors (Lipinski definition) is 5. The summed E-state index contributed by atoms with van der Waals surface area (Å²) in [5.41, 5.74) is 0.938. The minimum absolute atomic E-state index is 0.148. The fourth-order valence-corrected chi connectivity index (χ4v) is 3.11. The van der Waals surface area contributed by atoms with Crippen molar-refractivity contribution < 1.29 is 28.9 Å². The van der Waals surface area contributed by atoms with Crippen LogP contribution in [0.2, 0.25) is 0 Å². The Balaban J connectivity index is 1.71. The number of carbonyl (C=O) groups is 2. The van der Waals surface area contributed by atoms with Crippen molar-refractivity contribution in [1.82, 2.24) is 0 Å². The smallest absolute Gasteiger partial charge is 0.341 e. The van der Waals surface area contributed by atoms with Crippen LogP contribution in [0.15, 0.2) is 42.5 Å². The molecule has 1 amide bonds. The van der Waals surface area contributed by atoms with Crippen LogP contribution in [0.4, 0.5) is 5.69 Å². The molecular formula is C21H23NO6. The number of methoxy groups -OCH3 is 1. The summed E-state index contributed by atoms with van der Waals surface area (Å²) >= 11 is 0. The average molecular weight is 385 g/mol. The quantitative estimate of drug-likeness (QED) is 0.719. The van der Waals surface area contributed by atoms with Gasteiger partial charge in [0.1, 0.15) is 5.75 Å². The molecule has 1 saturated carbocycles. The van der Waals surface area contributed by atoms with E-state index < -0.39 is 12.6 Å². The molecule has 28 heavy (non-hydrogen) atoms. The molecule has 0 atom stereocenters. The summed E-state index contributed by atoms with van der Waals surface area (Å²) in [6.45, 7) is -0.447. The first-order chi connectivity index (χ1) is 13.5. The van der Waals surface area contributed by atoms with Gasteiger partial charge in [0.15, 0.2) is 18.1 Å². The highest BCUT2D eigenvalue weighted by atomic mass is 16.5. The van der Waals surface area contributed by atoms with Crippen LogP contribution < -0.4 is 19.5 Å². The molecule has 0 unspecified atom stereocenters. The van der Waals surface area contributed by atoms with Gasteiger partial charge >= 0.3 is 5.97 Å². The van der Waals surface area contributed by atoms with E-state index >= 15 is 0 Å². The van der Waals surface area contributed by atoms with Crippen molar-refractivity contribution in [2.24, 2.45) is 0 Å². The molecule has 7 nitrogen and oxygen atoms in total. The monoisotopic (exact) mass is 385 g/mol. The second-order valence-electron chi connectivity index (χ2n) is 6.55. The van der Waals surface area contributed by atoms with Crippen LogP contribution in [0.5, 0.6) is 17.2 Å². The molecule has 7 heteroatoms. The van der Waals surface area contributed by atoms with Crippen molar-refractivity contribution in [2.75, 3.05) is 19.0 Å². The van der Waals surface area contributed by atoms with Crippen molar-refractivity contribution in [3.05, 3.63) is 48.0 Å². The lowest BCUT2D eigenvalue weighted by Gasteiger charge is -2.17. The molecule has 148 valence electrons. The Morgan fingerprint density at radius 2 is 1.89 bits per heavy atom. The number of nitrogens with one attached hydrogen (secondary N) is 1. The minimum Gasteiger partial charge on any atom is -0.493 e. The molecule has 0 spiro atoms. The van der Waals surface area contributed by atoms with E-state index in [9.17, 15) is 9.59 Å². The SMILES string of the molecule is COc1ccc(C(=O)Nc2cccc(OCC(=O)O)c2)cc1OC1CCCC1. The molecule has 2 aromatic rings. The van der Waals surface area contributed by atoms with Gasteiger partial charge in [0.2, 0.25) is 0 Å². The number of hydrogen-bond donors (Lipinski definition) is 2. The van der Waals surface area contributed by atoms with E-state index in [1.54, 1.807) is 49.6 Å². The van der Waals surface area contributed by atoms with Crippen LogP contribution >= 0.6 is 0 Å². The van der Waals surface area contributed by atoms with E-state index in [-0.39, 0.29) is 12.0 Å². The molecule has 0 bridgehead atoms. The maximum atomic E-state index is 12.6. The number of ether oxygens (including phenoxy) is 3. The van der Waals surface area contributed by atoms with Gasteiger partial charge in [0.25, 0.3) is 5.91 Å². The number of benzene rings is 2. The molecule has 1 fully saturated rings. The summed E-state index contributed by atoms with van der Waals surface area (Å²) in [4.78, 5) is 23.2. The van der Waals surface area contributed by atoms with Crippen LogP contribution in [-0.2, 0) is 4.79 Å². The Bertz CT molecular complexity index is 845. The lowest BCUT2D eigenvalue weighted by Crippen LogP contribution is -2.15. The zero-order valence-corrected chi connectivity index (χ0v) is 15.6. The molecule has 1 aliphatic carbocycles. The summed E-state index contributed by atoms with van der Waals surface area (Å²) in [7, 11) is 1.57. The van der Waals surface area contributed by atoms with Gasteiger partial charge in [0.05, 0.1) is 13.2 Å². The summed E-state index contributed by atoms with van der Waals surface area (Å²) < 4.78 is 16.5. The maximum absolute atomic E-state index is 12.6. The molecule has 2 N–H and O–H groups in total. The summed E-state index contributed by atoms with van der Waals surface area (Å²) in [5, 5.41) is 11.5. The molecule has 0 heterocycles. The fraction of sp³-hybridized carbons (Fsp3) is 0.333. The van der Waals surface area contributed by atoms with Crippen LogP contribution in [0, 0.1) is 0 Å². The van der Waals surface area contributed by atoms with Gasteiger partial charge in [-0.2, -0.15) is 0 Å². The largest absolute Gasteiger partial charge is 0.493 e. The predicted molar refractivity (Wildman–Crippen MR) is 103 cm³/mol. The first kappa shape index (κ1) is 19.5. The zero-order valence-electron chi connectivity index (χ0n) is 15.6. The molecule has 0 saturated heterocycles. The number of anilines is 1. The minimum atomic E-state index is -1.07. The van der Waals surface area contributed by atoms with Crippen molar-refractivity contribution in [3.8, 4) is 17.2 Å². The average Bonchev–Trinajstić information content (AvgIpc) is 3.19. The van der Waals surface area contributed by atoms with Crippen molar-refractivity contribution in [3.63, 3.8) is 0 Å². The van der Waals surface area contributed by atoms with Gasteiger partial charge in [-0.15, -0.1) is 0 Å². The number of amides is 1. The lowest BCUT2D eigenvalue weighted by atomic mass is 10.1. The summed E-state index contributed by atoms with van der Waals surface area (Å²) in [6.07, 6.45) is 4.45. The van der Waals surface area contributed by atoms with Crippen molar-refractivity contribution in [2.45, 2.75) is 31.8 Å². The Morgan fingerprint density at radius 1 is 1.11 bits per heavy atom. The first-order valence-corrected chi connectivity index (χ1v) is 9.16. The highest BCUT2D eigenvalue weighted by Gasteiger charge is 2.19. The Labute approximate surface area is 163 Å². The van der Waals surface area contributed by atoms with Crippen molar-refractivity contribution in [1.29, 1.82) is 0 Å².